The van der Waals surface area contributed by atoms with Crippen molar-refractivity contribution in [2.24, 2.45) is 0 Å². The summed E-state index contributed by atoms with van der Waals surface area (Å²) in [6, 6.07) is 21.2. The second-order valence-electron chi connectivity index (χ2n) is 7.32. The zero-order chi connectivity index (χ0) is 23.1. The predicted molar refractivity (Wildman–Crippen MR) is 120 cm³/mol. The van der Waals surface area contributed by atoms with Crippen LogP contribution in [0.2, 0.25) is 0 Å². The molecule has 0 aliphatic rings. The molecule has 0 spiro atoms. The molecule has 3 amide bonds. The van der Waals surface area contributed by atoms with Gasteiger partial charge in [-0.1, -0.05) is 66.7 Å². The molecule has 0 aliphatic carbocycles. The number of amides is 3. The Hall–Kier alpha value is -3.97. The molecule has 0 radical (unpaired) electrons. The molecule has 0 unspecified atom stereocenters. The van der Waals surface area contributed by atoms with Crippen LogP contribution < -0.4 is 10.6 Å². The van der Waals surface area contributed by atoms with E-state index in [-0.39, 0.29) is 0 Å². The number of hydrogen-bond donors (Lipinski definition) is 3. The third-order valence-electron chi connectivity index (χ3n) is 5.03. The Bertz CT molecular complexity index is 1070. The molecule has 0 bridgehead atoms. The van der Waals surface area contributed by atoms with E-state index in [1.807, 2.05) is 19.9 Å². The maximum absolute atomic E-state index is 12.9. The predicted octanol–water partition coefficient (Wildman–Crippen LogP) is 3.43. The van der Waals surface area contributed by atoms with Crippen molar-refractivity contribution in [3.05, 3.63) is 101 Å². The van der Waals surface area contributed by atoms with Crippen molar-refractivity contribution >= 4 is 23.6 Å². The van der Waals surface area contributed by atoms with Gasteiger partial charge in [-0.25, -0.2) is 9.59 Å². The lowest BCUT2D eigenvalue weighted by Gasteiger charge is -2.26. The zero-order valence-electron chi connectivity index (χ0n) is 17.8. The molecule has 3 rings (SSSR count). The van der Waals surface area contributed by atoms with Crippen LogP contribution in [0.3, 0.4) is 0 Å². The van der Waals surface area contributed by atoms with Crippen molar-refractivity contribution in [2.75, 3.05) is 11.9 Å². The average Bonchev–Trinajstić information content (AvgIpc) is 2.80. The summed E-state index contributed by atoms with van der Waals surface area (Å²) in [5.74, 6) is -1.86. The number of aliphatic hydroxyl groups is 1. The summed E-state index contributed by atoms with van der Waals surface area (Å²) in [5, 5.41) is 15.9. The molecular formula is C25H24N2O5. The number of anilines is 1. The molecule has 7 nitrogen and oxygen atoms in total. The van der Waals surface area contributed by atoms with Gasteiger partial charge < -0.3 is 15.2 Å². The number of aryl methyl sites for hydroxylation is 2. The normalized spacial score (nSPS) is 10.8. The molecule has 164 valence electrons. The largest absolute Gasteiger partial charge is 0.453 e. The van der Waals surface area contributed by atoms with Gasteiger partial charge in [0.2, 0.25) is 5.60 Å². The van der Waals surface area contributed by atoms with Gasteiger partial charge in [-0.2, -0.15) is 0 Å². The molecule has 3 aromatic carbocycles. The Morgan fingerprint density at radius 2 is 1.41 bits per heavy atom. The minimum absolute atomic E-state index is 0.295. The highest BCUT2D eigenvalue weighted by Crippen LogP contribution is 2.31. The molecule has 0 heterocycles. The number of hydrogen-bond acceptors (Lipinski definition) is 5. The van der Waals surface area contributed by atoms with Crippen molar-refractivity contribution in [3.63, 3.8) is 0 Å². The highest BCUT2D eigenvalue weighted by Gasteiger charge is 2.41. The van der Waals surface area contributed by atoms with Crippen molar-refractivity contribution in [1.82, 2.24) is 5.32 Å². The lowest BCUT2D eigenvalue weighted by atomic mass is 9.86. The Labute approximate surface area is 186 Å². The van der Waals surface area contributed by atoms with Crippen molar-refractivity contribution < 1.29 is 24.2 Å². The van der Waals surface area contributed by atoms with E-state index in [1.54, 1.807) is 72.8 Å². The zero-order valence-corrected chi connectivity index (χ0v) is 17.8. The lowest BCUT2D eigenvalue weighted by molar-refractivity contribution is -0.164. The SMILES string of the molecule is Cc1ccc(NC(=O)NC(=O)COC(=O)C(O)(c2ccccc2)c2ccccc2)cc1C. The molecule has 0 atom stereocenters. The molecule has 0 saturated carbocycles. The number of ether oxygens (including phenoxy) is 1. The third kappa shape index (κ3) is 5.19. The average molecular weight is 432 g/mol. The van der Waals surface area contributed by atoms with E-state index >= 15 is 0 Å². The maximum atomic E-state index is 12.9. The second-order valence-corrected chi connectivity index (χ2v) is 7.32. The summed E-state index contributed by atoms with van der Waals surface area (Å²) in [5.41, 5.74) is 1.07. The Morgan fingerprint density at radius 3 is 1.94 bits per heavy atom. The molecule has 0 fully saturated rings. The number of carbonyl (C=O) groups is 3. The minimum atomic E-state index is -2.11. The highest BCUT2D eigenvalue weighted by atomic mass is 16.6. The Morgan fingerprint density at radius 1 is 0.844 bits per heavy atom. The quantitative estimate of drug-likeness (QED) is 0.518. The standard InChI is InChI=1S/C25H24N2O5/c1-17-13-14-21(15-18(17)2)26-24(30)27-22(28)16-32-23(29)25(31,19-9-5-3-6-10-19)20-11-7-4-8-12-20/h3-15,31H,16H2,1-2H3,(H2,26,27,28,30). The number of urea groups is 1. The Balaban J connectivity index is 1.65. The number of rotatable bonds is 6. The van der Waals surface area contributed by atoms with E-state index in [2.05, 4.69) is 10.6 Å². The lowest BCUT2D eigenvalue weighted by Crippen LogP contribution is -2.42. The summed E-state index contributed by atoms with van der Waals surface area (Å²) in [4.78, 5) is 37.1. The van der Waals surface area contributed by atoms with Crippen LogP contribution in [0, 0.1) is 13.8 Å². The first-order valence-electron chi connectivity index (χ1n) is 9.99. The van der Waals surface area contributed by atoms with Crippen LogP contribution >= 0.6 is 0 Å². The van der Waals surface area contributed by atoms with Crippen LogP contribution in [0.15, 0.2) is 78.9 Å². The fourth-order valence-electron chi connectivity index (χ4n) is 3.14. The van der Waals surface area contributed by atoms with Crippen LogP contribution in [0.5, 0.6) is 0 Å². The number of nitrogens with one attached hydrogen (secondary N) is 2. The first kappa shape index (κ1) is 22.7. The van der Waals surface area contributed by atoms with E-state index in [0.29, 0.717) is 16.8 Å². The molecule has 0 aromatic heterocycles. The van der Waals surface area contributed by atoms with Crippen LogP contribution in [0.1, 0.15) is 22.3 Å². The smallest absolute Gasteiger partial charge is 0.348 e. The fraction of sp³-hybridized carbons (Fsp3) is 0.160. The Kier molecular flexibility index (Phi) is 7.02. The van der Waals surface area contributed by atoms with Gasteiger partial charge >= 0.3 is 12.0 Å². The number of imide groups is 1. The molecule has 3 N–H and O–H groups in total. The van der Waals surface area contributed by atoms with E-state index in [4.69, 9.17) is 4.74 Å². The topological polar surface area (TPSA) is 105 Å². The van der Waals surface area contributed by atoms with E-state index in [9.17, 15) is 19.5 Å². The van der Waals surface area contributed by atoms with Crippen molar-refractivity contribution in [2.45, 2.75) is 19.4 Å². The van der Waals surface area contributed by atoms with Crippen LogP contribution in [-0.4, -0.2) is 29.6 Å². The molecule has 0 aliphatic heterocycles. The molecule has 7 heteroatoms. The summed E-state index contributed by atoms with van der Waals surface area (Å²) in [7, 11) is 0. The molecular weight excluding hydrogens is 408 g/mol. The van der Waals surface area contributed by atoms with Gasteiger partial charge in [0.1, 0.15) is 0 Å². The van der Waals surface area contributed by atoms with Gasteiger partial charge in [0.25, 0.3) is 5.91 Å². The van der Waals surface area contributed by atoms with Crippen molar-refractivity contribution in [1.29, 1.82) is 0 Å². The number of benzene rings is 3. The highest BCUT2D eigenvalue weighted by molar-refractivity contribution is 6.02. The van der Waals surface area contributed by atoms with E-state index < -0.39 is 30.1 Å². The summed E-state index contributed by atoms with van der Waals surface area (Å²) in [6.45, 7) is 3.12. The maximum Gasteiger partial charge on any atom is 0.348 e. The fourth-order valence-corrected chi connectivity index (χ4v) is 3.14. The van der Waals surface area contributed by atoms with Crippen LogP contribution in [0.25, 0.3) is 0 Å². The van der Waals surface area contributed by atoms with Crippen LogP contribution in [-0.2, 0) is 19.9 Å². The first-order valence-corrected chi connectivity index (χ1v) is 9.99. The second kappa shape index (κ2) is 9.89. The summed E-state index contributed by atoms with van der Waals surface area (Å²) in [6.07, 6.45) is 0. The van der Waals surface area contributed by atoms with Gasteiger partial charge in [0.15, 0.2) is 6.61 Å². The third-order valence-corrected chi connectivity index (χ3v) is 5.03. The van der Waals surface area contributed by atoms with E-state index in [1.165, 1.54) is 0 Å². The number of carbonyl (C=O) groups excluding carboxylic acids is 3. The number of esters is 1. The van der Waals surface area contributed by atoms with Gasteiger partial charge in [-0.15, -0.1) is 0 Å². The first-order chi connectivity index (χ1) is 15.3. The van der Waals surface area contributed by atoms with Gasteiger partial charge in [-0.05, 0) is 48.2 Å². The van der Waals surface area contributed by atoms with E-state index in [0.717, 1.165) is 11.1 Å². The van der Waals surface area contributed by atoms with Crippen molar-refractivity contribution in [3.8, 4) is 0 Å². The van der Waals surface area contributed by atoms with Gasteiger partial charge in [0.05, 0.1) is 0 Å². The molecule has 32 heavy (non-hydrogen) atoms. The van der Waals surface area contributed by atoms with Gasteiger partial charge in [-0.3, -0.25) is 10.1 Å². The van der Waals surface area contributed by atoms with Crippen LogP contribution in [0.4, 0.5) is 10.5 Å². The summed E-state index contributed by atoms with van der Waals surface area (Å²) < 4.78 is 5.08. The molecule has 0 saturated heterocycles. The monoisotopic (exact) mass is 432 g/mol. The minimum Gasteiger partial charge on any atom is -0.453 e. The van der Waals surface area contributed by atoms with Gasteiger partial charge in [0, 0.05) is 5.69 Å². The molecule has 3 aromatic rings. The summed E-state index contributed by atoms with van der Waals surface area (Å²) >= 11 is 0.